The molecule has 0 bridgehead atoms. The zero-order chi connectivity index (χ0) is 10.2. The summed E-state index contributed by atoms with van der Waals surface area (Å²) in [7, 11) is 0. The van der Waals surface area contributed by atoms with Crippen molar-refractivity contribution in [2.75, 3.05) is 0 Å². The molecule has 1 aliphatic rings. The van der Waals surface area contributed by atoms with Gasteiger partial charge in [-0.3, -0.25) is 0 Å². The van der Waals surface area contributed by atoms with Gasteiger partial charge in [-0.15, -0.1) is 0 Å². The number of carbonyl (C=O) groups excluding carboxylic acids is 1. The van der Waals surface area contributed by atoms with Crippen molar-refractivity contribution in [3.05, 3.63) is 35.4 Å². The highest BCUT2D eigenvalue weighted by atomic mass is 19.1. The summed E-state index contributed by atoms with van der Waals surface area (Å²) in [6, 6.07) is 3.62. The van der Waals surface area contributed by atoms with E-state index in [1.807, 2.05) is 0 Å². The molecular weight excluding hydrogens is 188 g/mol. The highest BCUT2D eigenvalue weighted by Crippen LogP contribution is 2.50. The normalized spacial score (nSPS) is 17.3. The van der Waals surface area contributed by atoms with Crippen molar-refractivity contribution in [3.63, 3.8) is 0 Å². The molecule has 0 unspecified atom stereocenters. The van der Waals surface area contributed by atoms with Gasteiger partial charge in [0.25, 0.3) is 0 Å². The number of aliphatic imine (C=N–C) groups is 1. The Bertz CT molecular complexity index is 400. The minimum atomic E-state index is -0.975. The summed E-state index contributed by atoms with van der Waals surface area (Å²) in [6.45, 7) is 0. The van der Waals surface area contributed by atoms with Gasteiger partial charge in [0, 0.05) is 0 Å². The molecule has 4 heteroatoms. The molecule has 0 spiro atoms. The monoisotopic (exact) mass is 195 g/mol. The van der Waals surface area contributed by atoms with Gasteiger partial charge >= 0.3 is 0 Å². The average molecular weight is 195 g/mol. The molecule has 0 N–H and O–H groups in total. The molecule has 1 aromatic carbocycles. The van der Waals surface area contributed by atoms with Gasteiger partial charge in [-0.2, -0.15) is 4.99 Å². The molecular formula is C10H7F2NO. The molecule has 1 saturated carbocycles. The Labute approximate surface area is 79.3 Å². The van der Waals surface area contributed by atoms with E-state index in [1.54, 1.807) is 0 Å². The Morgan fingerprint density at radius 1 is 1.29 bits per heavy atom. The fraction of sp³-hybridized carbons (Fsp3) is 0.300. The van der Waals surface area contributed by atoms with Crippen LogP contribution >= 0.6 is 0 Å². The minimum Gasteiger partial charge on any atom is -0.211 e. The minimum absolute atomic E-state index is 0.108. The maximum absolute atomic E-state index is 13.3. The first kappa shape index (κ1) is 9.03. The Hall–Kier alpha value is -1.54. The van der Waals surface area contributed by atoms with Crippen LogP contribution in [0.4, 0.5) is 8.78 Å². The van der Waals surface area contributed by atoms with Crippen LogP contribution < -0.4 is 0 Å². The number of hydrogen-bond acceptors (Lipinski definition) is 2. The quantitative estimate of drug-likeness (QED) is 0.525. The maximum Gasteiger partial charge on any atom is 0.235 e. The SMILES string of the molecule is O=C=NC1(c2c(F)cccc2F)CC1. The molecule has 2 nitrogen and oxygen atoms in total. The molecule has 1 aliphatic carbocycles. The van der Waals surface area contributed by atoms with E-state index >= 15 is 0 Å². The zero-order valence-electron chi connectivity index (χ0n) is 7.26. The first-order valence-electron chi connectivity index (χ1n) is 4.23. The zero-order valence-corrected chi connectivity index (χ0v) is 7.26. The fourth-order valence-electron chi connectivity index (χ4n) is 1.57. The molecule has 1 fully saturated rings. The number of isocyanates is 1. The third-order valence-corrected chi connectivity index (χ3v) is 2.41. The van der Waals surface area contributed by atoms with Crippen molar-refractivity contribution in [2.45, 2.75) is 18.4 Å². The first-order chi connectivity index (χ1) is 6.69. The molecule has 1 aromatic rings. The number of rotatable bonds is 2. The van der Waals surface area contributed by atoms with Crippen molar-refractivity contribution in [1.82, 2.24) is 0 Å². The lowest BCUT2D eigenvalue weighted by Crippen LogP contribution is -2.08. The van der Waals surface area contributed by atoms with Crippen molar-refractivity contribution < 1.29 is 13.6 Å². The number of benzene rings is 1. The highest BCUT2D eigenvalue weighted by molar-refractivity contribution is 5.42. The lowest BCUT2D eigenvalue weighted by Gasteiger charge is -2.09. The van der Waals surface area contributed by atoms with Crippen LogP contribution in [0, 0.1) is 11.6 Å². The number of hydrogen-bond donors (Lipinski definition) is 0. The van der Waals surface area contributed by atoms with Crippen LogP contribution in [-0.2, 0) is 10.3 Å². The summed E-state index contributed by atoms with van der Waals surface area (Å²) < 4.78 is 26.6. The second-order valence-electron chi connectivity index (χ2n) is 3.33. The molecule has 0 amide bonds. The topological polar surface area (TPSA) is 29.4 Å². The van der Waals surface area contributed by atoms with E-state index in [1.165, 1.54) is 24.3 Å². The van der Waals surface area contributed by atoms with E-state index in [0.29, 0.717) is 12.8 Å². The van der Waals surface area contributed by atoms with Crippen molar-refractivity contribution in [2.24, 2.45) is 4.99 Å². The van der Waals surface area contributed by atoms with Gasteiger partial charge in [0.1, 0.15) is 17.2 Å². The molecule has 14 heavy (non-hydrogen) atoms. The number of nitrogens with zero attached hydrogens (tertiary/aromatic N) is 1. The predicted molar refractivity (Wildman–Crippen MR) is 45.4 cm³/mol. The fourth-order valence-corrected chi connectivity index (χ4v) is 1.57. The van der Waals surface area contributed by atoms with E-state index < -0.39 is 17.2 Å². The summed E-state index contributed by atoms with van der Waals surface area (Å²) in [5.74, 6) is -1.30. The Kier molecular flexibility index (Phi) is 1.93. The molecule has 0 saturated heterocycles. The molecule has 72 valence electrons. The standard InChI is InChI=1S/C10H7F2NO/c11-7-2-1-3-8(12)9(7)10(4-5-10)13-6-14/h1-3H,4-5H2. The van der Waals surface area contributed by atoms with E-state index in [4.69, 9.17) is 0 Å². The van der Waals surface area contributed by atoms with Gasteiger partial charge in [-0.25, -0.2) is 13.6 Å². The summed E-state index contributed by atoms with van der Waals surface area (Å²) in [4.78, 5) is 13.6. The predicted octanol–water partition coefficient (Wildman–Crippen LogP) is 2.29. The van der Waals surface area contributed by atoms with Gasteiger partial charge in [-0.1, -0.05) is 6.07 Å². The van der Waals surface area contributed by atoms with E-state index in [2.05, 4.69) is 4.99 Å². The van der Waals surface area contributed by atoms with Gasteiger partial charge in [-0.05, 0) is 25.0 Å². The van der Waals surface area contributed by atoms with E-state index in [0.717, 1.165) is 0 Å². The van der Waals surface area contributed by atoms with Crippen molar-refractivity contribution >= 4 is 6.08 Å². The lowest BCUT2D eigenvalue weighted by atomic mass is 10.0. The van der Waals surface area contributed by atoms with Gasteiger partial charge in [0.05, 0.1) is 5.56 Å². The second kappa shape index (κ2) is 3.00. The van der Waals surface area contributed by atoms with Crippen LogP contribution in [0.15, 0.2) is 23.2 Å². The molecule has 0 heterocycles. The highest BCUT2D eigenvalue weighted by Gasteiger charge is 2.48. The van der Waals surface area contributed by atoms with Gasteiger partial charge in [0.15, 0.2) is 0 Å². The molecule has 0 atom stereocenters. The molecule has 0 aliphatic heterocycles. The molecule has 2 rings (SSSR count). The second-order valence-corrected chi connectivity index (χ2v) is 3.33. The van der Waals surface area contributed by atoms with Crippen molar-refractivity contribution in [3.8, 4) is 0 Å². The van der Waals surface area contributed by atoms with E-state index in [-0.39, 0.29) is 5.56 Å². The van der Waals surface area contributed by atoms with Crippen LogP contribution in [0.3, 0.4) is 0 Å². The van der Waals surface area contributed by atoms with Crippen LogP contribution in [0.1, 0.15) is 18.4 Å². The Balaban J connectivity index is 2.56. The third kappa shape index (κ3) is 1.24. The average Bonchev–Trinajstić information content (AvgIpc) is 2.86. The summed E-state index contributed by atoms with van der Waals surface area (Å²) >= 11 is 0. The maximum atomic E-state index is 13.3. The van der Waals surface area contributed by atoms with Crippen LogP contribution in [0.25, 0.3) is 0 Å². The lowest BCUT2D eigenvalue weighted by molar-refractivity contribution is 0.514. The van der Waals surface area contributed by atoms with Gasteiger partial charge < -0.3 is 0 Å². The Morgan fingerprint density at radius 2 is 1.86 bits per heavy atom. The smallest absolute Gasteiger partial charge is 0.211 e. The first-order valence-corrected chi connectivity index (χ1v) is 4.23. The summed E-state index contributed by atoms with van der Waals surface area (Å²) in [6.07, 6.45) is 2.37. The van der Waals surface area contributed by atoms with Crippen molar-refractivity contribution in [1.29, 1.82) is 0 Å². The van der Waals surface area contributed by atoms with Crippen LogP contribution in [0.2, 0.25) is 0 Å². The van der Waals surface area contributed by atoms with Crippen LogP contribution in [-0.4, -0.2) is 6.08 Å². The van der Waals surface area contributed by atoms with Gasteiger partial charge in [0.2, 0.25) is 6.08 Å². The summed E-state index contributed by atoms with van der Waals surface area (Å²) in [5.41, 5.74) is -1.08. The van der Waals surface area contributed by atoms with E-state index in [9.17, 15) is 13.6 Å². The molecule has 0 aromatic heterocycles. The largest absolute Gasteiger partial charge is 0.235 e. The molecule has 0 radical (unpaired) electrons. The summed E-state index contributed by atoms with van der Waals surface area (Å²) in [5, 5.41) is 0. The van der Waals surface area contributed by atoms with Crippen LogP contribution in [0.5, 0.6) is 0 Å². The Morgan fingerprint density at radius 3 is 2.29 bits per heavy atom. The third-order valence-electron chi connectivity index (χ3n) is 2.41. The number of halogens is 2.